The Hall–Kier alpha value is -3.33. The molecule has 0 radical (unpaired) electrons. The van der Waals surface area contributed by atoms with Crippen molar-refractivity contribution >= 4 is 49.9 Å². The second-order valence-corrected chi connectivity index (χ2v) is 9.49. The maximum absolute atomic E-state index is 12.6. The lowest BCUT2D eigenvalue weighted by molar-refractivity contribution is -0.127. The van der Waals surface area contributed by atoms with E-state index in [1.807, 2.05) is 24.2 Å². The van der Waals surface area contributed by atoms with Crippen LogP contribution in [0.3, 0.4) is 0 Å². The molecule has 9 heteroatoms. The highest BCUT2D eigenvalue weighted by atomic mass is 32.1. The smallest absolute Gasteiger partial charge is 0.251 e. The van der Waals surface area contributed by atoms with Crippen molar-refractivity contribution in [3.05, 3.63) is 47.5 Å². The van der Waals surface area contributed by atoms with E-state index in [1.165, 1.54) is 10.5 Å². The molecule has 4 rings (SSSR count). The normalized spacial score (nSPS) is 12.9. The zero-order valence-corrected chi connectivity index (χ0v) is 19.8. The van der Waals surface area contributed by atoms with Crippen LogP contribution in [0.4, 0.5) is 16.5 Å². The van der Waals surface area contributed by atoms with Gasteiger partial charge >= 0.3 is 0 Å². The van der Waals surface area contributed by atoms with E-state index < -0.39 is 0 Å². The van der Waals surface area contributed by atoms with Crippen LogP contribution in [0.2, 0.25) is 0 Å². The van der Waals surface area contributed by atoms with Crippen LogP contribution in [0.5, 0.6) is 0 Å². The second kappa shape index (κ2) is 8.66. The molecule has 0 bridgehead atoms. The number of anilines is 3. The van der Waals surface area contributed by atoms with Gasteiger partial charge in [-0.25, -0.2) is 4.98 Å². The average molecular weight is 453 g/mol. The highest BCUT2D eigenvalue weighted by Gasteiger charge is 2.26. The Morgan fingerprint density at radius 1 is 1.16 bits per heavy atom. The van der Waals surface area contributed by atoms with Gasteiger partial charge in [-0.05, 0) is 41.8 Å². The molecule has 0 fully saturated rings. The molecule has 1 aliphatic heterocycles. The van der Waals surface area contributed by atoms with Crippen molar-refractivity contribution < 1.29 is 9.59 Å². The predicted molar refractivity (Wildman–Crippen MR) is 131 cm³/mol. The predicted octanol–water partition coefficient (Wildman–Crippen LogP) is 3.48. The molecule has 3 aromatic rings. The highest BCUT2D eigenvalue weighted by Crippen LogP contribution is 2.37. The molecule has 32 heavy (non-hydrogen) atoms. The van der Waals surface area contributed by atoms with Crippen LogP contribution in [0.25, 0.3) is 10.2 Å². The van der Waals surface area contributed by atoms with E-state index in [0.29, 0.717) is 18.2 Å². The van der Waals surface area contributed by atoms with Crippen LogP contribution in [0.1, 0.15) is 35.7 Å². The number of fused-ring (bicyclic) bond motifs is 2. The molecular weight excluding hydrogens is 424 g/mol. The number of carbonyl (C=O) groups is 2. The number of thiazole rings is 1. The van der Waals surface area contributed by atoms with E-state index in [4.69, 9.17) is 4.98 Å². The Bertz CT molecular complexity index is 1170. The van der Waals surface area contributed by atoms with E-state index in [9.17, 15) is 9.59 Å². The highest BCUT2D eigenvalue weighted by molar-refractivity contribution is 7.22. The van der Waals surface area contributed by atoms with Crippen LogP contribution >= 0.6 is 11.3 Å². The second-order valence-electron chi connectivity index (χ2n) is 8.45. The molecule has 8 nitrogen and oxygen atoms in total. The van der Waals surface area contributed by atoms with Gasteiger partial charge in [-0.15, -0.1) is 0 Å². The summed E-state index contributed by atoms with van der Waals surface area (Å²) in [5.41, 5.74) is 8.07. The Morgan fingerprint density at radius 2 is 1.94 bits per heavy atom. The summed E-state index contributed by atoms with van der Waals surface area (Å²) < 4.78 is 1.14. The van der Waals surface area contributed by atoms with Crippen LogP contribution in [-0.2, 0) is 4.79 Å². The minimum Gasteiger partial charge on any atom is -0.354 e. The number of hydrogen-bond donors (Lipinski definition) is 2. The summed E-state index contributed by atoms with van der Waals surface area (Å²) >= 11 is 1.61. The molecule has 0 spiro atoms. The third-order valence-electron chi connectivity index (χ3n) is 5.50. The molecule has 0 aliphatic carbocycles. The van der Waals surface area contributed by atoms with Gasteiger partial charge in [-0.3, -0.25) is 20.0 Å². The van der Waals surface area contributed by atoms with Gasteiger partial charge in [0.05, 0.1) is 28.1 Å². The lowest BCUT2D eigenvalue weighted by atomic mass is 10.0. The van der Waals surface area contributed by atoms with E-state index in [0.717, 1.165) is 26.7 Å². The minimum absolute atomic E-state index is 0.0329. The number of nitrogens with zero attached hydrogens (tertiary/aromatic N) is 4. The lowest BCUT2D eigenvalue weighted by Gasteiger charge is -2.19. The molecule has 0 saturated heterocycles. The standard InChI is InChI=1S/C23H28N6O2S/c1-14(2)15-6-8-17-20(11-15)32-23(25-17)26-29-13-28(5)18-9-7-16(10-19(18)29)22(31)24-12-21(30)27(3)4/h6-11,14H,12-13H2,1-5H3,(H,24,31)(H,25,26). The first-order chi connectivity index (χ1) is 15.2. The average Bonchev–Trinajstić information content (AvgIpc) is 3.30. The molecule has 0 unspecified atom stereocenters. The summed E-state index contributed by atoms with van der Waals surface area (Å²) in [5.74, 6) is 0.0345. The largest absolute Gasteiger partial charge is 0.354 e. The van der Waals surface area contributed by atoms with Crippen molar-refractivity contribution in [2.45, 2.75) is 19.8 Å². The van der Waals surface area contributed by atoms with Crippen molar-refractivity contribution in [3.8, 4) is 0 Å². The summed E-state index contributed by atoms with van der Waals surface area (Å²) in [5, 5.41) is 5.47. The summed E-state index contributed by atoms with van der Waals surface area (Å²) in [6.45, 7) is 4.95. The molecule has 1 aliphatic rings. The lowest BCUT2D eigenvalue weighted by Crippen LogP contribution is -2.36. The van der Waals surface area contributed by atoms with Crippen molar-refractivity contribution in [1.82, 2.24) is 15.2 Å². The van der Waals surface area contributed by atoms with Crippen LogP contribution in [0.15, 0.2) is 36.4 Å². The van der Waals surface area contributed by atoms with Gasteiger partial charge in [0.1, 0.15) is 6.67 Å². The molecular formula is C23H28N6O2S. The molecule has 1 aromatic heterocycles. The molecule has 2 amide bonds. The molecule has 168 valence electrons. The maximum atomic E-state index is 12.6. The number of carbonyl (C=O) groups excluding carboxylic acids is 2. The zero-order valence-electron chi connectivity index (χ0n) is 19.0. The fourth-order valence-corrected chi connectivity index (χ4v) is 4.46. The monoisotopic (exact) mass is 452 g/mol. The summed E-state index contributed by atoms with van der Waals surface area (Å²) in [7, 11) is 5.33. The van der Waals surface area contributed by atoms with Gasteiger partial charge in [0.25, 0.3) is 5.91 Å². The summed E-state index contributed by atoms with van der Waals surface area (Å²) in [4.78, 5) is 32.6. The van der Waals surface area contributed by atoms with Gasteiger partial charge in [0.2, 0.25) is 11.0 Å². The zero-order chi connectivity index (χ0) is 23.0. The van der Waals surface area contributed by atoms with Gasteiger partial charge in [0, 0.05) is 26.7 Å². The number of rotatable bonds is 6. The first kappa shape index (κ1) is 21.9. The third-order valence-corrected chi connectivity index (χ3v) is 6.42. The Balaban J connectivity index is 1.54. The fourth-order valence-electron chi connectivity index (χ4n) is 3.54. The van der Waals surface area contributed by atoms with Crippen LogP contribution < -0.4 is 20.7 Å². The Labute approximate surface area is 191 Å². The minimum atomic E-state index is -0.279. The van der Waals surface area contributed by atoms with Crippen molar-refractivity contribution in [3.63, 3.8) is 0 Å². The van der Waals surface area contributed by atoms with Crippen molar-refractivity contribution in [2.24, 2.45) is 0 Å². The number of hydrogen-bond acceptors (Lipinski definition) is 7. The Morgan fingerprint density at radius 3 is 2.66 bits per heavy atom. The maximum Gasteiger partial charge on any atom is 0.251 e. The van der Waals surface area contributed by atoms with Gasteiger partial charge in [-0.2, -0.15) is 0 Å². The first-order valence-electron chi connectivity index (χ1n) is 10.5. The van der Waals surface area contributed by atoms with Gasteiger partial charge in [-0.1, -0.05) is 31.3 Å². The van der Waals surface area contributed by atoms with Crippen molar-refractivity contribution in [2.75, 3.05) is 49.7 Å². The SMILES string of the molecule is CC(C)c1ccc2nc(NN3CN(C)c4ccc(C(=O)NCC(=O)N(C)C)cc43)sc2c1. The fraction of sp³-hybridized carbons (Fsp3) is 0.348. The van der Waals surface area contributed by atoms with E-state index in [1.54, 1.807) is 31.5 Å². The molecule has 0 saturated carbocycles. The number of amides is 2. The van der Waals surface area contributed by atoms with Crippen LogP contribution in [0, 0.1) is 0 Å². The summed E-state index contributed by atoms with van der Waals surface area (Å²) in [6, 6.07) is 11.9. The number of likely N-dealkylation sites (N-methyl/N-ethyl adjacent to an activating group) is 1. The molecule has 2 N–H and O–H groups in total. The molecule has 2 aromatic carbocycles. The number of aromatic nitrogens is 1. The first-order valence-corrected chi connectivity index (χ1v) is 11.3. The number of benzene rings is 2. The third kappa shape index (κ3) is 4.34. The number of nitrogens with one attached hydrogen (secondary N) is 2. The van der Waals surface area contributed by atoms with E-state index in [2.05, 4.69) is 47.7 Å². The van der Waals surface area contributed by atoms with E-state index >= 15 is 0 Å². The topological polar surface area (TPSA) is 80.8 Å². The summed E-state index contributed by atoms with van der Waals surface area (Å²) in [6.07, 6.45) is 0. The molecule has 0 atom stereocenters. The van der Waals surface area contributed by atoms with Gasteiger partial charge in [0.15, 0.2) is 0 Å². The molecule has 2 heterocycles. The van der Waals surface area contributed by atoms with E-state index in [-0.39, 0.29) is 18.4 Å². The van der Waals surface area contributed by atoms with Gasteiger partial charge < -0.3 is 15.1 Å². The Kier molecular flexibility index (Phi) is 5.92. The quantitative estimate of drug-likeness (QED) is 0.596. The van der Waals surface area contributed by atoms with Crippen LogP contribution in [-0.4, -0.2) is 56.1 Å². The number of hydrazine groups is 1. The van der Waals surface area contributed by atoms with Crippen molar-refractivity contribution in [1.29, 1.82) is 0 Å².